The van der Waals surface area contributed by atoms with Crippen LogP contribution in [0.3, 0.4) is 0 Å². The third-order valence-electron chi connectivity index (χ3n) is 3.57. The first-order chi connectivity index (χ1) is 9.82. The molecule has 0 amide bonds. The van der Waals surface area contributed by atoms with Gasteiger partial charge in [-0.2, -0.15) is 0 Å². The van der Waals surface area contributed by atoms with E-state index in [2.05, 4.69) is 0 Å². The fourth-order valence-electron chi connectivity index (χ4n) is 2.54. The molecule has 0 aliphatic carbocycles. The SMILES string of the molecule is O[Si](c1ccccc1)(c1ccccc1)c1ccccc1.[NaH]. The van der Waals surface area contributed by atoms with Gasteiger partial charge in [0.2, 0.25) is 0 Å². The summed E-state index contributed by atoms with van der Waals surface area (Å²) in [5, 5.41) is 3.03. The number of hydrogen-bond donors (Lipinski definition) is 1. The predicted octanol–water partition coefficient (Wildman–Crippen LogP) is 0.997. The van der Waals surface area contributed by atoms with E-state index in [1.807, 2.05) is 91.0 Å². The molecule has 1 N–H and O–H groups in total. The summed E-state index contributed by atoms with van der Waals surface area (Å²) >= 11 is 0. The van der Waals surface area contributed by atoms with Crippen LogP contribution in [0.5, 0.6) is 0 Å². The van der Waals surface area contributed by atoms with E-state index in [9.17, 15) is 4.80 Å². The van der Waals surface area contributed by atoms with Gasteiger partial charge in [0.25, 0.3) is 8.32 Å². The van der Waals surface area contributed by atoms with Gasteiger partial charge in [0.05, 0.1) is 0 Å². The van der Waals surface area contributed by atoms with E-state index in [-0.39, 0.29) is 29.6 Å². The molecule has 100 valence electrons. The normalized spacial score (nSPS) is 10.7. The summed E-state index contributed by atoms with van der Waals surface area (Å²) in [6.45, 7) is 0. The standard InChI is InChI=1S/C18H16OSi.Na.H/c19-20(16-10-4-1-5-11-16,17-12-6-2-7-13-17)18-14-8-3-9-15-18;;/h1-15,19H;;. The maximum atomic E-state index is 11.6. The third kappa shape index (κ3) is 3.20. The second-order valence-electron chi connectivity index (χ2n) is 4.81. The molecule has 0 spiro atoms. The Bertz CT molecular complexity index is 575. The minimum absolute atomic E-state index is 0. The van der Waals surface area contributed by atoms with E-state index < -0.39 is 8.32 Å². The molecule has 0 saturated carbocycles. The third-order valence-corrected chi connectivity index (χ3v) is 7.08. The molecule has 0 bridgehead atoms. The van der Waals surface area contributed by atoms with Crippen LogP contribution in [-0.2, 0) is 0 Å². The Morgan fingerprint density at radius 1 is 0.476 bits per heavy atom. The van der Waals surface area contributed by atoms with Gasteiger partial charge >= 0.3 is 29.6 Å². The zero-order chi connectivity index (χ0) is 13.8. The monoisotopic (exact) mass is 300 g/mol. The van der Waals surface area contributed by atoms with Crippen LogP contribution in [0.25, 0.3) is 0 Å². The number of hydrogen-bond acceptors (Lipinski definition) is 1. The van der Waals surface area contributed by atoms with Crippen molar-refractivity contribution in [3.8, 4) is 0 Å². The molecule has 3 aromatic rings. The van der Waals surface area contributed by atoms with Crippen molar-refractivity contribution in [2.24, 2.45) is 0 Å². The Kier molecular flexibility index (Phi) is 5.56. The van der Waals surface area contributed by atoms with E-state index in [1.54, 1.807) is 0 Å². The Hall–Kier alpha value is -1.16. The van der Waals surface area contributed by atoms with Crippen LogP contribution >= 0.6 is 0 Å². The summed E-state index contributed by atoms with van der Waals surface area (Å²) in [6, 6.07) is 30.0. The Morgan fingerprint density at radius 3 is 0.952 bits per heavy atom. The molecule has 0 heterocycles. The first kappa shape index (κ1) is 16.2. The molecule has 0 unspecified atom stereocenters. The van der Waals surface area contributed by atoms with Crippen molar-refractivity contribution in [1.29, 1.82) is 0 Å². The van der Waals surface area contributed by atoms with Gasteiger partial charge in [-0.25, -0.2) is 0 Å². The van der Waals surface area contributed by atoms with Crippen LogP contribution in [0, 0.1) is 0 Å². The summed E-state index contributed by atoms with van der Waals surface area (Å²) in [5.74, 6) is 0. The maximum absolute atomic E-state index is 11.6. The molecule has 21 heavy (non-hydrogen) atoms. The van der Waals surface area contributed by atoms with Crippen molar-refractivity contribution in [3.05, 3.63) is 91.0 Å². The molecule has 0 aromatic heterocycles. The van der Waals surface area contributed by atoms with Crippen molar-refractivity contribution >= 4 is 53.4 Å². The second kappa shape index (κ2) is 7.21. The van der Waals surface area contributed by atoms with Gasteiger partial charge in [0, 0.05) is 0 Å². The fourth-order valence-corrected chi connectivity index (χ4v) is 5.56. The van der Waals surface area contributed by atoms with Crippen molar-refractivity contribution in [2.45, 2.75) is 0 Å². The first-order valence-corrected chi connectivity index (χ1v) is 8.65. The van der Waals surface area contributed by atoms with Crippen LogP contribution in [0.4, 0.5) is 0 Å². The minimum atomic E-state index is -2.88. The molecule has 0 saturated heterocycles. The van der Waals surface area contributed by atoms with Crippen molar-refractivity contribution in [1.82, 2.24) is 0 Å². The van der Waals surface area contributed by atoms with Gasteiger partial charge < -0.3 is 4.80 Å². The molecule has 0 fully saturated rings. The second-order valence-corrected chi connectivity index (χ2v) is 7.96. The van der Waals surface area contributed by atoms with Crippen LogP contribution in [0.1, 0.15) is 0 Å². The molecule has 3 aromatic carbocycles. The van der Waals surface area contributed by atoms with Crippen LogP contribution in [0.15, 0.2) is 91.0 Å². The Labute approximate surface area is 148 Å². The quantitative estimate of drug-likeness (QED) is 0.565. The average Bonchev–Trinajstić information content (AvgIpc) is 2.56. The predicted molar refractivity (Wildman–Crippen MR) is 93.3 cm³/mol. The summed E-state index contributed by atoms with van der Waals surface area (Å²) < 4.78 is 0. The van der Waals surface area contributed by atoms with Crippen molar-refractivity contribution in [2.75, 3.05) is 0 Å². The molecule has 0 aliphatic rings. The zero-order valence-electron chi connectivity index (χ0n) is 11.1. The van der Waals surface area contributed by atoms with E-state index >= 15 is 0 Å². The molecule has 0 radical (unpaired) electrons. The van der Waals surface area contributed by atoms with Gasteiger partial charge in [0.15, 0.2) is 0 Å². The van der Waals surface area contributed by atoms with E-state index in [0.29, 0.717) is 0 Å². The molecule has 0 atom stereocenters. The average molecular weight is 300 g/mol. The Morgan fingerprint density at radius 2 is 0.714 bits per heavy atom. The molecule has 1 nitrogen and oxygen atoms in total. The zero-order valence-corrected chi connectivity index (χ0v) is 12.1. The number of rotatable bonds is 3. The topological polar surface area (TPSA) is 20.2 Å². The summed E-state index contributed by atoms with van der Waals surface area (Å²) in [4.78, 5) is 11.6. The van der Waals surface area contributed by atoms with E-state index in [0.717, 1.165) is 15.6 Å². The summed E-state index contributed by atoms with van der Waals surface area (Å²) in [5.41, 5.74) is 0. The van der Waals surface area contributed by atoms with Crippen molar-refractivity contribution < 1.29 is 4.80 Å². The van der Waals surface area contributed by atoms with Gasteiger partial charge in [-0.05, 0) is 15.6 Å². The number of benzene rings is 3. The van der Waals surface area contributed by atoms with E-state index in [4.69, 9.17) is 0 Å². The van der Waals surface area contributed by atoms with Crippen molar-refractivity contribution in [3.63, 3.8) is 0 Å². The summed E-state index contributed by atoms with van der Waals surface area (Å²) in [7, 11) is -2.88. The van der Waals surface area contributed by atoms with Crippen LogP contribution in [0.2, 0.25) is 0 Å². The van der Waals surface area contributed by atoms with Gasteiger partial charge in [-0.3, -0.25) is 0 Å². The molecular weight excluding hydrogens is 283 g/mol. The van der Waals surface area contributed by atoms with Gasteiger partial charge in [-0.1, -0.05) is 91.0 Å². The molecule has 3 rings (SSSR count). The van der Waals surface area contributed by atoms with E-state index in [1.165, 1.54) is 0 Å². The Balaban J connectivity index is 0.00000161. The fraction of sp³-hybridized carbons (Fsp3) is 0. The molecule has 0 aliphatic heterocycles. The first-order valence-electron chi connectivity index (χ1n) is 6.71. The molecule has 3 heteroatoms. The molecular formula is C18H17NaOSi. The van der Waals surface area contributed by atoms with Gasteiger partial charge in [0.1, 0.15) is 0 Å². The van der Waals surface area contributed by atoms with Crippen LogP contribution < -0.4 is 15.6 Å². The summed E-state index contributed by atoms with van der Waals surface area (Å²) in [6.07, 6.45) is 0. The van der Waals surface area contributed by atoms with Gasteiger partial charge in [-0.15, -0.1) is 0 Å². The van der Waals surface area contributed by atoms with Crippen LogP contribution in [-0.4, -0.2) is 42.7 Å².